The van der Waals surface area contributed by atoms with Crippen molar-refractivity contribution in [3.05, 3.63) is 52.0 Å². The third kappa shape index (κ3) is 2.35. The van der Waals surface area contributed by atoms with Gasteiger partial charge in [0.15, 0.2) is 5.58 Å². The maximum Gasteiger partial charge on any atom is 0.227 e. The Labute approximate surface area is 124 Å². The Bertz CT molecular complexity index is 795. The number of oxime groups is 1. The maximum atomic E-state index is 8.47. The van der Waals surface area contributed by atoms with Crippen LogP contribution in [0.4, 0.5) is 0 Å². The van der Waals surface area contributed by atoms with Gasteiger partial charge in [0.05, 0.1) is 11.2 Å². The van der Waals surface area contributed by atoms with Crippen LogP contribution in [0.15, 0.2) is 46.0 Å². The van der Waals surface area contributed by atoms with Gasteiger partial charge in [0.1, 0.15) is 5.52 Å². The van der Waals surface area contributed by atoms with E-state index in [1.54, 1.807) is 24.3 Å². The second-order valence-electron chi connectivity index (χ2n) is 4.12. The van der Waals surface area contributed by atoms with Gasteiger partial charge in [-0.05, 0) is 29.8 Å². The number of hydrogen-bond acceptors (Lipinski definition) is 4. The Morgan fingerprint density at radius 3 is 2.60 bits per heavy atom. The van der Waals surface area contributed by atoms with Crippen LogP contribution in [0.2, 0.25) is 10.0 Å². The van der Waals surface area contributed by atoms with Crippen LogP contribution in [0, 0.1) is 0 Å². The molecule has 0 saturated carbocycles. The molecule has 0 radical (unpaired) electrons. The molecule has 0 aliphatic carbocycles. The molecular formula is C14H8Cl2N2O2. The summed E-state index contributed by atoms with van der Waals surface area (Å²) in [5, 5.41) is 12.4. The number of benzene rings is 2. The average Bonchev–Trinajstić information content (AvgIpc) is 2.84. The van der Waals surface area contributed by atoms with Crippen molar-refractivity contribution in [3.8, 4) is 11.5 Å². The van der Waals surface area contributed by atoms with E-state index in [4.69, 9.17) is 32.8 Å². The van der Waals surface area contributed by atoms with E-state index < -0.39 is 0 Å². The molecule has 6 heteroatoms. The highest BCUT2D eigenvalue weighted by atomic mass is 35.5. The van der Waals surface area contributed by atoms with Crippen LogP contribution in [0.1, 0.15) is 5.56 Å². The molecule has 0 fully saturated rings. The molecule has 3 rings (SSSR count). The number of aromatic nitrogens is 1. The Kier molecular flexibility index (Phi) is 3.34. The van der Waals surface area contributed by atoms with E-state index >= 15 is 0 Å². The summed E-state index contributed by atoms with van der Waals surface area (Å²) in [4.78, 5) is 4.36. The fourth-order valence-electron chi connectivity index (χ4n) is 1.86. The molecule has 0 bridgehead atoms. The van der Waals surface area contributed by atoms with Crippen molar-refractivity contribution in [2.75, 3.05) is 0 Å². The van der Waals surface area contributed by atoms with Gasteiger partial charge in [0, 0.05) is 10.6 Å². The van der Waals surface area contributed by atoms with E-state index in [0.717, 1.165) is 11.1 Å². The molecule has 0 atom stereocenters. The summed E-state index contributed by atoms with van der Waals surface area (Å²) in [5.41, 5.74) is 2.68. The van der Waals surface area contributed by atoms with E-state index in [0.29, 0.717) is 27.0 Å². The van der Waals surface area contributed by atoms with Crippen LogP contribution in [0.3, 0.4) is 0 Å². The van der Waals surface area contributed by atoms with E-state index in [9.17, 15) is 0 Å². The molecule has 0 saturated heterocycles. The van der Waals surface area contributed by atoms with Gasteiger partial charge in [-0.3, -0.25) is 0 Å². The summed E-state index contributed by atoms with van der Waals surface area (Å²) >= 11 is 12.0. The third-order valence-electron chi connectivity index (χ3n) is 2.77. The minimum absolute atomic E-state index is 0.426. The summed E-state index contributed by atoms with van der Waals surface area (Å²) in [6.45, 7) is 0. The monoisotopic (exact) mass is 306 g/mol. The van der Waals surface area contributed by atoms with Crippen molar-refractivity contribution < 1.29 is 9.62 Å². The normalized spacial score (nSPS) is 11.5. The SMILES string of the molecule is O/N=C/c1ccc(-c2nc3cc(Cl)cc(Cl)c3o2)cc1. The van der Waals surface area contributed by atoms with Gasteiger partial charge in [-0.2, -0.15) is 0 Å². The molecule has 100 valence electrons. The van der Waals surface area contributed by atoms with Crippen molar-refractivity contribution in [2.45, 2.75) is 0 Å². The Hall–Kier alpha value is -2.04. The number of rotatable bonds is 2. The van der Waals surface area contributed by atoms with Gasteiger partial charge in [0.25, 0.3) is 0 Å². The van der Waals surface area contributed by atoms with E-state index in [2.05, 4.69) is 10.1 Å². The van der Waals surface area contributed by atoms with Crippen molar-refractivity contribution >= 4 is 40.5 Å². The number of fused-ring (bicyclic) bond motifs is 1. The smallest absolute Gasteiger partial charge is 0.227 e. The minimum atomic E-state index is 0.426. The maximum absolute atomic E-state index is 8.47. The first-order valence-electron chi connectivity index (χ1n) is 5.71. The Morgan fingerprint density at radius 1 is 1.15 bits per heavy atom. The standard InChI is InChI=1S/C14H8Cl2N2O2/c15-10-5-11(16)13-12(6-10)18-14(20-13)9-3-1-8(2-4-9)7-17-19/h1-7,19H/b17-7+. The first kappa shape index (κ1) is 13.0. The zero-order valence-corrected chi connectivity index (χ0v) is 11.6. The molecule has 0 aliphatic heterocycles. The molecule has 20 heavy (non-hydrogen) atoms. The van der Waals surface area contributed by atoms with Crippen LogP contribution in [0.25, 0.3) is 22.6 Å². The molecule has 4 nitrogen and oxygen atoms in total. The fraction of sp³-hybridized carbons (Fsp3) is 0. The fourth-order valence-corrected chi connectivity index (χ4v) is 2.38. The first-order chi connectivity index (χ1) is 9.67. The Morgan fingerprint density at radius 2 is 1.90 bits per heavy atom. The lowest BCUT2D eigenvalue weighted by Crippen LogP contribution is -1.82. The second kappa shape index (κ2) is 5.15. The van der Waals surface area contributed by atoms with Crippen LogP contribution in [0.5, 0.6) is 0 Å². The molecule has 1 heterocycles. The summed E-state index contributed by atoms with van der Waals surface area (Å²) in [6.07, 6.45) is 1.34. The van der Waals surface area contributed by atoms with Crippen LogP contribution in [-0.4, -0.2) is 16.4 Å². The van der Waals surface area contributed by atoms with E-state index in [-0.39, 0.29) is 0 Å². The summed E-state index contributed by atoms with van der Waals surface area (Å²) in [6, 6.07) is 10.5. The summed E-state index contributed by atoms with van der Waals surface area (Å²) in [5.74, 6) is 0.455. The average molecular weight is 307 g/mol. The highest BCUT2D eigenvalue weighted by molar-refractivity contribution is 6.38. The molecule has 2 aromatic carbocycles. The van der Waals surface area contributed by atoms with Crippen molar-refractivity contribution in [1.29, 1.82) is 0 Å². The molecule has 0 aliphatic rings. The molecule has 3 aromatic rings. The van der Waals surface area contributed by atoms with Crippen molar-refractivity contribution in [1.82, 2.24) is 4.98 Å². The summed E-state index contributed by atoms with van der Waals surface area (Å²) < 4.78 is 5.65. The lowest BCUT2D eigenvalue weighted by molar-refractivity contribution is 0.322. The predicted molar refractivity (Wildman–Crippen MR) is 78.8 cm³/mol. The highest BCUT2D eigenvalue weighted by Gasteiger charge is 2.12. The molecule has 1 N–H and O–H groups in total. The molecule has 0 spiro atoms. The first-order valence-corrected chi connectivity index (χ1v) is 6.46. The summed E-state index contributed by atoms with van der Waals surface area (Å²) in [7, 11) is 0. The zero-order chi connectivity index (χ0) is 14.1. The highest BCUT2D eigenvalue weighted by Crippen LogP contribution is 2.31. The lowest BCUT2D eigenvalue weighted by atomic mass is 10.1. The van der Waals surface area contributed by atoms with Gasteiger partial charge < -0.3 is 9.62 Å². The third-order valence-corrected chi connectivity index (χ3v) is 3.27. The van der Waals surface area contributed by atoms with Gasteiger partial charge in [-0.15, -0.1) is 0 Å². The number of hydrogen-bond donors (Lipinski definition) is 1. The van der Waals surface area contributed by atoms with E-state index in [1.165, 1.54) is 6.21 Å². The van der Waals surface area contributed by atoms with Crippen LogP contribution < -0.4 is 0 Å². The topological polar surface area (TPSA) is 58.6 Å². The van der Waals surface area contributed by atoms with Crippen LogP contribution in [-0.2, 0) is 0 Å². The lowest BCUT2D eigenvalue weighted by Gasteiger charge is -1.95. The van der Waals surface area contributed by atoms with Gasteiger partial charge in [-0.25, -0.2) is 4.98 Å². The Balaban J connectivity index is 2.08. The van der Waals surface area contributed by atoms with Crippen LogP contribution >= 0.6 is 23.2 Å². The van der Waals surface area contributed by atoms with Crippen molar-refractivity contribution in [3.63, 3.8) is 0 Å². The molecule has 0 unspecified atom stereocenters. The zero-order valence-electron chi connectivity index (χ0n) is 10.0. The quantitative estimate of drug-likeness (QED) is 0.427. The van der Waals surface area contributed by atoms with Crippen molar-refractivity contribution in [2.24, 2.45) is 5.16 Å². The molecular weight excluding hydrogens is 299 g/mol. The number of halogens is 2. The number of nitrogens with zero attached hydrogens (tertiary/aromatic N) is 2. The van der Waals surface area contributed by atoms with Gasteiger partial charge >= 0.3 is 0 Å². The minimum Gasteiger partial charge on any atom is -0.435 e. The van der Waals surface area contributed by atoms with E-state index in [1.807, 2.05) is 12.1 Å². The number of oxazole rings is 1. The van der Waals surface area contributed by atoms with Gasteiger partial charge in [-0.1, -0.05) is 40.5 Å². The molecule has 0 amide bonds. The van der Waals surface area contributed by atoms with Gasteiger partial charge in [0.2, 0.25) is 5.89 Å². The second-order valence-corrected chi connectivity index (χ2v) is 4.97. The largest absolute Gasteiger partial charge is 0.435 e. The predicted octanol–water partition coefficient (Wildman–Crippen LogP) is 4.61. The molecule has 1 aromatic heterocycles.